The Hall–Kier alpha value is -1.47. The van der Waals surface area contributed by atoms with Crippen molar-refractivity contribution in [3.05, 3.63) is 29.6 Å². The topological polar surface area (TPSA) is 64.8 Å². The van der Waals surface area contributed by atoms with Crippen LogP contribution in [0.5, 0.6) is 0 Å². The molecule has 0 unspecified atom stereocenters. The Morgan fingerprint density at radius 3 is 2.20 bits per heavy atom. The van der Waals surface area contributed by atoms with Gasteiger partial charge in [-0.2, -0.15) is 0 Å². The lowest BCUT2D eigenvalue weighted by Crippen LogP contribution is -2.50. The van der Waals surface area contributed by atoms with Crippen LogP contribution in [0.25, 0.3) is 11.0 Å². The number of imidazole rings is 1. The van der Waals surface area contributed by atoms with Gasteiger partial charge in [0, 0.05) is 39.3 Å². The van der Waals surface area contributed by atoms with Crippen molar-refractivity contribution in [1.29, 1.82) is 0 Å². The van der Waals surface area contributed by atoms with E-state index in [9.17, 15) is 10.2 Å². The number of fused-ring (bicyclic) bond motifs is 1. The Balaban J connectivity index is 1.55. The second-order valence-electron chi connectivity index (χ2n) is 7.43. The van der Waals surface area contributed by atoms with Gasteiger partial charge >= 0.3 is 0 Å². The molecule has 25 heavy (non-hydrogen) atoms. The molecule has 2 aromatic rings. The van der Waals surface area contributed by atoms with Crippen molar-refractivity contribution in [3.8, 4) is 0 Å². The molecule has 1 aliphatic rings. The number of β-amino-alcohol motifs (C(OH)–C–C–N with tert-alkyl or cyclic N) is 2. The molecule has 0 aliphatic carbocycles. The minimum absolute atomic E-state index is 0.279. The van der Waals surface area contributed by atoms with E-state index in [-0.39, 0.29) is 6.10 Å². The summed E-state index contributed by atoms with van der Waals surface area (Å²) in [6.07, 6.45) is 1.13. The fraction of sp³-hybridized carbons (Fsp3) is 0.632. The van der Waals surface area contributed by atoms with Crippen molar-refractivity contribution in [3.63, 3.8) is 0 Å². The van der Waals surface area contributed by atoms with E-state index in [1.54, 1.807) is 0 Å². The molecular weight excluding hydrogens is 316 g/mol. The molecule has 0 saturated carbocycles. The molecule has 2 atom stereocenters. The molecule has 1 aliphatic heterocycles. The summed E-state index contributed by atoms with van der Waals surface area (Å²) in [5.74, 6) is 0. The minimum Gasteiger partial charge on any atom is -0.392 e. The molecule has 3 rings (SSSR count). The van der Waals surface area contributed by atoms with Crippen LogP contribution >= 0.6 is 0 Å². The van der Waals surface area contributed by atoms with E-state index >= 15 is 0 Å². The summed E-state index contributed by atoms with van der Waals surface area (Å²) in [6.45, 7) is 11.8. The first-order valence-corrected chi connectivity index (χ1v) is 9.15. The van der Waals surface area contributed by atoms with Gasteiger partial charge in [0.05, 0.1) is 36.1 Å². The number of aromatic nitrogens is 2. The zero-order valence-corrected chi connectivity index (χ0v) is 15.5. The summed E-state index contributed by atoms with van der Waals surface area (Å²) in [6, 6.07) is 4.26. The van der Waals surface area contributed by atoms with Gasteiger partial charge in [-0.3, -0.25) is 9.80 Å². The molecule has 6 heteroatoms. The first-order valence-electron chi connectivity index (χ1n) is 9.15. The lowest BCUT2D eigenvalue weighted by atomic mass is 10.1. The number of rotatable bonds is 6. The molecule has 0 bridgehead atoms. The molecule has 1 saturated heterocycles. The van der Waals surface area contributed by atoms with Crippen LogP contribution in [0.15, 0.2) is 18.5 Å². The molecule has 0 spiro atoms. The maximum atomic E-state index is 10.5. The zero-order valence-electron chi connectivity index (χ0n) is 15.5. The number of piperazine rings is 1. The van der Waals surface area contributed by atoms with Crippen LogP contribution in [0, 0.1) is 13.8 Å². The lowest BCUT2D eigenvalue weighted by molar-refractivity contribution is 0.0481. The molecule has 1 aromatic heterocycles. The highest BCUT2D eigenvalue weighted by Gasteiger charge is 2.20. The number of aliphatic hydroxyl groups excluding tert-OH is 2. The van der Waals surface area contributed by atoms with Gasteiger partial charge in [-0.05, 0) is 44.0 Å². The number of hydrogen-bond acceptors (Lipinski definition) is 5. The Morgan fingerprint density at radius 2 is 1.56 bits per heavy atom. The number of aliphatic hydroxyl groups is 2. The second kappa shape index (κ2) is 7.83. The molecule has 0 amide bonds. The minimum atomic E-state index is -0.415. The maximum absolute atomic E-state index is 10.5. The average Bonchev–Trinajstić information content (AvgIpc) is 2.91. The SMILES string of the molecule is Cc1cc2ncn(C[C@H](O)CN3CCN(C[C@@H](C)O)CC3)c2cc1C. The monoisotopic (exact) mass is 346 g/mol. The maximum Gasteiger partial charge on any atom is 0.0959 e. The largest absolute Gasteiger partial charge is 0.392 e. The third kappa shape index (κ3) is 4.58. The van der Waals surface area contributed by atoms with Crippen LogP contribution in [0.1, 0.15) is 18.1 Å². The Labute approximate surface area is 149 Å². The van der Waals surface area contributed by atoms with Crippen molar-refractivity contribution >= 4 is 11.0 Å². The first kappa shape index (κ1) is 18.3. The Bertz CT molecular complexity index is 705. The van der Waals surface area contributed by atoms with Gasteiger partial charge in [-0.15, -0.1) is 0 Å². The molecule has 0 radical (unpaired) electrons. The predicted octanol–water partition coefficient (Wildman–Crippen LogP) is 1.01. The fourth-order valence-corrected chi connectivity index (χ4v) is 3.57. The van der Waals surface area contributed by atoms with Crippen LogP contribution in [0.2, 0.25) is 0 Å². The summed E-state index contributed by atoms with van der Waals surface area (Å²) < 4.78 is 2.05. The van der Waals surface area contributed by atoms with E-state index in [1.807, 2.05) is 13.3 Å². The summed E-state index contributed by atoms with van der Waals surface area (Å²) in [5, 5.41) is 20.0. The van der Waals surface area contributed by atoms with Gasteiger partial charge in [-0.1, -0.05) is 0 Å². The normalized spacial score (nSPS) is 19.4. The predicted molar refractivity (Wildman–Crippen MR) is 99.8 cm³/mol. The highest BCUT2D eigenvalue weighted by atomic mass is 16.3. The summed E-state index contributed by atoms with van der Waals surface area (Å²) in [7, 11) is 0. The molecule has 1 aromatic carbocycles. The van der Waals surface area contributed by atoms with E-state index < -0.39 is 6.10 Å². The van der Waals surface area contributed by atoms with Crippen LogP contribution in [0.3, 0.4) is 0 Å². The van der Waals surface area contributed by atoms with Gasteiger partial charge in [0.2, 0.25) is 0 Å². The molecule has 2 heterocycles. The van der Waals surface area contributed by atoms with E-state index in [2.05, 4.69) is 45.3 Å². The molecule has 2 N–H and O–H groups in total. The second-order valence-corrected chi connectivity index (χ2v) is 7.43. The van der Waals surface area contributed by atoms with Gasteiger partial charge in [-0.25, -0.2) is 4.98 Å². The highest BCUT2D eigenvalue weighted by Crippen LogP contribution is 2.19. The van der Waals surface area contributed by atoms with Crippen molar-refractivity contribution in [2.75, 3.05) is 39.3 Å². The summed E-state index contributed by atoms with van der Waals surface area (Å²) in [4.78, 5) is 9.05. The highest BCUT2D eigenvalue weighted by molar-refractivity contribution is 5.77. The first-order chi connectivity index (χ1) is 11.9. The van der Waals surface area contributed by atoms with E-state index in [4.69, 9.17) is 0 Å². The van der Waals surface area contributed by atoms with Crippen LogP contribution in [-0.2, 0) is 6.54 Å². The zero-order chi connectivity index (χ0) is 18.0. The van der Waals surface area contributed by atoms with Crippen molar-refractivity contribution < 1.29 is 10.2 Å². The molecular formula is C19H30N4O2. The molecule has 138 valence electrons. The summed E-state index contributed by atoms with van der Waals surface area (Å²) in [5.41, 5.74) is 4.57. The van der Waals surface area contributed by atoms with Crippen molar-refractivity contribution in [2.24, 2.45) is 0 Å². The number of aryl methyl sites for hydroxylation is 2. The quantitative estimate of drug-likeness (QED) is 0.817. The Morgan fingerprint density at radius 1 is 0.960 bits per heavy atom. The van der Waals surface area contributed by atoms with E-state index in [1.165, 1.54) is 11.1 Å². The van der Waals surface area contributed by atoms with Gasteiger partial charge in [0.1, 0.15) is 0 Å². The van der Waals surface area contributed by atoms with E-state index in [0.29, 0.717) is 13.1 Å². The number of nitrogens with zero attached hydrogens (tertiary/aromatic N) is 4. The summed E-state index contributed by atoms with van der Waals surface area (Å²) >= 11 is 0. The third-order valence-electron chi connectivity index (χ3n) is 5.10. The van der Waals surface area contributed by atoms with Crippen molar-refractivity contribution in [2.45, 2.75) is 39.5 Å². The van der Waals surface area contributed by atoms with Gasteiger partial charge in [0.25, 0.3) is 0 Å². The van der Waals surface area contributed by atoms with Gasteiger partial charge < -0.3 is 14.8 Å². The standard InChI is InChI=1S/C19H30N4O2/c1-14-8-18-19(9-15(14)2)23(13-20-18)12-17(25)11-22-6-4-21(5-7-22)10-16(3)24/h8-9,13,16-17,24-25H,4-7,10-12H2,1-3H3/t16-,17-/m1/s1. The lowest BCUT2D eigenvalue weighted by Gasteiger charge is -2.36. The fourth-order valence-electron chi connectivity index (χ4n) is 3.57. The number of benzene rings is 1. The smallest absolute Gasteiger partial charge is 0.0959 e. The van der Waals surface area contributed by atoms with E-state index in [0.717, 1.165) is 43.8 Å². The van der Waals surface area contributed by atoms with Gasteiger partial charge in [0.15, 0.2) is 0 Å². The van der Waals surface area contributed by atoms with Crippen LogP contribution in [-0.4, -0.2) is 81.0 Å². The van der Waals surface area contributed by atoms with Crippen molar-refractivity contribution in [1.82, 2.24) is 19.4 Å². The van der Waals surface area contributed by atoms with Crippen LogP contribution < -0.4 is 0 Å². The molecule has 1 fully saturated rings. The number of hydrogen-bond donors (Lipinski definition) is 2. The Kier molecular flexibility index (Phi) is 5.74. The third-order valence-corrected chi connectivity index (χ3v) is 5.10. The average molecular weight is 346 g/mol. The van der Waals surface area contributed by atoms with Crippen LogP contribution in [0.4, 0.5) is 0 Å². The molecule has 6 nitrogen and oxygen atoms in total.